The van der Waals surface area contributed by atoms with Crippen LogP contribution in [0.3, 0.4) is 0 Å². The minimum Gasteiger partial charge on any atom is -0.418 e. The van der Waals surface area contributed by atoms with E-state index in [4.69, 9.17) is 4.42 Å². The molecule has 0 bridgehead atoms. The Kier molecular flexibility index (Phi) is 5.28. The lowest BCUT2D eigenvalue weighted by Crippen LogP contribution is -2.35. The molecule has 1 aromatic heterocycles. The number of hydrogen-bond acceptors (Lipinski definition) is 4. The molecule has 24 heavy (non-hydrogen) atoms. The highest BCUT2D eigenvalue weighted by Gasteiger charge is 2.31. The van der Waals surface area contributed by atoms with Crippen molar-refractivity contribution in [3.05, 3.63) is 36.2 Å². The van der Waals surface area contributed by atoms with E-state index in [1.807, 2.05) is 35.2 Å². The third-order valence-electron chi connectivity index (χ3n) is 4.40. The zero-order valence-electron chi connectivity index (χ0n) is 14.4. The number of nitrogens with zero attached hydrogens (tertiary/aromatic N) is 3. The highest BCUT2D eigenvalue weighted by Crippen LogP contribution is 2.31. The number of amides is 1. The minimum absolute atomic E-state index is 0.0938. The van der Waals surface area contributed by atoms with E-state index in [9.17, 15) is 4.79 Å². The van der Waals surface area contributed by atoms with Crippen molar-refractivity contribution in [2.45, 2.75) is 52.0 Å². The lowest BCUT2D eigenvalue weighted by Gasteiger charge is -2.28. The number of carbonyl (C=O) groups is 1. The van der Waals surface area contributed by atoms with Gasteiger partial charge in [-0.05, 0) is 30.9 Å². The van der Waals surface area contributed by atoms with Crippen molar-refractivity contribution in [3.63, 3.8) is 0 Å². The molecule has 1 fully saturated rings. The van der Waals surface area contributed by atoms with Gasteiger partial charge in [-0.1, -0.05) is 44.9 Å². The van der Waals surface area contributed by atoms with E-state index in [0.29, 0.717) is 24.1 Å². The van der Waals surface area contributed by atoms with Gasteiger partial charge in [-0.15, -0.1) is 10.2 Å². The van der Waals surface area contributed by atoms with Crippen molar-refractivity contribution in [2.24, 2.45) is 5.92 Å². The first-order chi connectivity index (χ1) is 11.6. The van der Waals surface area contributed by atoms with Gasteiger partial charge in [0.1, 0.15) is 6.04 Å². The molecule has 0 spiro atoms. The maximum Gasteiger partial charge on any atom is 0.247 e. The molecule has 5 heteroatoms. The van der Waals surface area contributed by atoms with Crippen LogP contribution in [0.15, 0.2) is 34.7 Å². The molecular weight excluding hydrogens is 302 g/mol. The van der Waals surface area contributed by atoms with Gasteiger partial charge in [0.25, 0.3) is 0 Å². The van der Waals surface area contributed by atoms with Crippen molar-refractivity contribution in [3.8, 4) is 11.5 Å². The van der Waals surface area contributed by atoms with Crippen LogP contribution < -0.4 is 0 Å². The highest BCUT2D eigenvalue weighted by atomic mass is 16.4. The van der Waals surface area contributed by atoms with Gasteiger partial charge in [-0.3, -0.25) is 4.79 Å². The van der Waals surface area contributed by atoms with Crippen LogP contribution in [-0.2, 0) is 4.79 Å². The van der Waals surface area contributed by atoms with Gasteiger partial charge in [0, 0.05) is 18.5 Å². The van der Waals surface area contributed by atoms with Gasteiger partial charge in [-0.2, -0.15) is 0 Å². The summed E-state index contributed by atoms with van der Waals surface area (Å²) >= 11 is 0. The van der Waals surface area contributed by atoms with Crippen molar-refractivity contribution >= 4 is 5.91 Å². The second-order valence-electron chi connectivity index (χ2n) is 6.86. The molecule has 3 rings (SSSR count). The quantitative estimate of drug-likeness (QED) is 0.843. The number of aromatic nitrogens is 2. The predicted octanol–water partition coefficient (Wildman–Crippen LogP) is 4.23. The Morgan fingerprint density at radius 2 is 2.00 bits per heavy atom. The summed E-state index contributed by atoms with van der Waals surface area (Å²) < 4.78 is 5.93. The Labute approximate surface area is 143 Å². The van der Waals surface area contributed by atoms with Crippen LogP contribution in [0, 0.1) is 5.92 Å². The highest BCUT2D eigenvalue weighted by molar-refractivity contribution is 5.76. The average molecular weight is 327 g/mol. The van der Waals surface area contributed by atoms with E-state index in [1.54, 1.807) is 0 Å². The van der Waals surface area contributed by atoms with Crippen LogP contribution in [0.2, 0.25) is 0 Å². The van der Waals surface area contributed by atoms with E-state index in [1.165, 1.54) is 0 Å². The van der Waals surface area contributed by atoms with Gasteiger partial charge in [0.2, 0.25) is 17.7 Å². The van der Waals surface area contributed by atoms with Crippen LogP contribution in [0.25, 0.3) is 11.5 Å². The summed E-state index contributed by atoms with van der Waals surface area (Å²) in [5.41, 5.74) is 0.907. The average Bonchev–Trinajstić information content (AvgIpc) is 2.93. The second kappa shape index (κ2) is 7.60. The van der Waals surface area contributed by atoms with Crippen LogP contribution in [-0.4, -0.2) is 27.5 Å². The van der Waals surface area contributed by atoms with Crippen LogP contribution in [0.5, 0.6) is 0 Å². The van der Waals surface area contributed by atoms with Crippen molar-refractivity contribution in [2.75, 3.05) is 6.54 Å². The Hall–Kier alpha value is -2.17. The molecule has 0 radical (unpaired) electrons. The molecule has 1 atom stereocenters. The summed E-state index contributed by atoms with van der Waals surface area (Å²) in [6.45, 7) is 4.93. The van der Waals surface area contributed by atoms with E-state index >= 15 is 0 Å². The van der Waals surface area contributed by atoms with Crippen molar-refractivity contribution in [1.82, 2.24) is 15.1 Å². The molecule has 2 aromatic rings. The molecule has 5 nitrogen and oxygen atoms in total. The van der Waals surface area contributed by atoms with Gasteiger partial charge in [0.05, 0.1) is 0 Å². The number of carbonyl (C=O) groups excluding carboxylic acids is 1. The summed E-state index contributed by atoms with van der Waals surface area (Å²) in [5.74, 6) is 1.62. The van der Waals surface area contributed by atoms with Gasteiger partial charge in [0.15, 0.2) is 0 Å². The molecule has 128 valence electrons. The molecule has 0 aliphatic carbocycles. The fourth-order valence-electron chi connectivity index (χ4n) is 3.20. The normalized spacial score (nSPS) is 18.6. The molecule has 1 aromatic carbocycles. The van der Waals surface area contributed by atoms with Crippen LogP contribution in [0.4, 0.5) is 0 Å². The summed E-state index contributed by atoms with van der Waals surface area (Å²) in [5, 5.41) is 8.45. The fraction of sp³-hybridized carbons (Fsp3) is 0.526. The monoisotopic (exact) mass is 327 g/mol. The van der Waals surface area contributed by atoms with Gasteiger partial charge in [-0.25, -0.2) is 0 Å². The SMILES string of the molecule is CC(C)CC(=O)N1CCCCCC1c1nnc(-c2ccccc2)o1. The maximum atomic E-state index is 12.7. The fourth-order valence-corrected chi connectivity index (χ4v) is 3.20. The number of benzene rings is 1. The number of hydrogen-bond donors (Lipinski definition) is 0. The second-order valence-corrected chi connectivity index (χ2v) is 6.86. The minimum atomic E-state index is -0.0938. The van der Waals surface area contributed by atoms with E-state index in [2.05, 4.69) is 24.0 Å². The Balaban J connectivity index is 1.84. The van der Waals surface area contributed by atoms with Crippen molar-refractivity contribution < 1.29 is 9.21 Å². The molecule has 1 saturated heterocycles. The smallest absolute Gasteiger partial charge is 0.247 e. The van der Waals surface area contributed by atoms with E-state index in [-0.39, 0.29) is 11.9 Å². The molecule has 1 aliphatic heterocycles. The molecule has 1 unspecified atom stereocenters. The van der Waals surface area contributed by atoms with E-state index in [0.717, 1.165) is 37.8 Å². The van der Waals surface area contributed by atoms with Gasteiger partial charge >= 0.3 is 0 Å². The Bertz CT molecular complexity index is 666. The first-order valence-corrected chi connectivity index (χ1v) is 8.83. The summed E-state index contributed by atoms with van der Waals surface area (Å²) in [7, 11) is 0. The van der Waals surface area contributed by atoms with Crippen LogP contribution in [0.1, 0.15) is 57.9 Å². The zero-order chi connectivity index (χ0) is 16.9. The lowest BCUT2D eigenvalue weighted by atomic mass is 10.1. The Morgan fingerprint density at radius 3 is 2.75 bits per heavy atom. The predicted molar refractivity (Wildman–Crippen MR) is 92.1 cm³/mol. The van der Waals surface area contributed by atoms with E-state index < -0.39 is 0 Å². The molecule has 0 N–H and O–H groups in total. The standard InChI is InChI=1S/C19H25N3O2/c1-14(2)13-17(23)22-12-8-4-7-11-16(22)19-21-20-18(24-19)15-9-5-3-6-10-15/h3,5-6,9-10,14,16H,4,7-8,11-13H2,1-2H3. The first kappa shape index (κ1) is 16.7. The lowest BCUT2D eigenvalue weighted by molar-refractivity contribution is -0.134. The molecule has 2 heterocycles. The number of likely N-dealkylation sites (tertiary alicyclic amines) is 1. The largest absolute Gasteiger partial charge is 0.418 e. The summed E-state index contributed by atoms with van der Waals surface area (Å²) in [6, 6.07) is 9.66. The molecular formula is C19H25N3O2. The summed E-state index contributed by atoms with van der Waals surface area (Å²) in [6.07, 6.45) is 4.72. The maximum absolute atomic E-state index is 12.7. The van der Waals surface area contributed by atoms with Crippen molar-refractivity contribution in [1.29, 1.82) is 0 Å². The third kappa shape index (κ3) is 3.83. The Morgan fingerprint density at radius 1 is 1.21 bits per heavy atom. The molecule has 1 aliphatic rings. The molecule has 1 amide bonds. The first-order valence-electron chi connectivity index (χ1n) is 8.83. The zero-order valence-corrected chi connectivity index (χ0v) is 14.4. The van der Waals surface area contributed by atoms with Gasteiger partial charge < -0.3 is 9.32 Å². The van der Waals surface area contributed by atoms with Crippen LogP contribution >= 0.6 is 0 Å². The molecule has 0 saturated carbocycles. The topological polar surface area (TPSA) is 59.2 Å². The summed E-state index contributed by atoms with van der Waals surface area (Å²) in [4.78, 5) is 14.6. The number of rotatable bonds is 4. The third-order valence-corrected chi connectivity index (χ3v) is 4.40.